The van der Waals surface area contributed by atoms with E-state index < -0.39 is 0 Å². The lowest BCUT2D eigenvalue weighted by molar-refractivity contribution is 0.0730. The van der Waals surface area contributed by atoms with Crippen LogP contribution in [0.2, 0.25) is 0 Å². The first-order valence-corrected chi connectivity index (χ1v) is 10.3. The zero-order valence-electron chi connectivity index (χ0n) is 17.2. The molecule has 30 heavy (non-hydrogen) atoms. The maximum Gasteiger partial charge on any atom is 0.255 e. The van der Waals surface area contributed by atoms with E-state index in [0.717, 1.165) is 49.2 Å². The third kappa shape index (κ3) is 3.24. The van der Waals surface area contributed by atoms with Gasteiger partial charge in [0.2, 0.25) is 5.88 Å². The summed E-state index contributed by atoms with van der Waals surface area (Å²) >= 11 is 0. The number of rotatable bonds is 4. The van der Waals surface area contributed by atoms with Gasteiger partial charge in [0.15, 0.2) is 5.65 Å². The molecule has 1 saturated heterocycles. The van der Waals surface area contributed by atoms with Gasteiger partial charge in [0.1, 0.15) is 12.1 Å². The number of aromatic nitrogens is 5. The van der Waals surface area contributed by atoms with Crippen LogP contribution < -0.4 is 9.64 Å². The monoisotopic (exact) mass is 407 g/mol. The highest BCUT2D eigenvalue weighted by Gasteiger charge is 2.41. The molecular weight excluding hydrogens is 382 g/mol. The van der Waals surface area contributed by atoms with Crippen LogP contribution in [0.15, 0.2) is 30.9 Å². The second-order valence-corrected chi connectivity index (χ2v) is 8.21. The van der Waals surface area contributed by atoms with Gasteiger partial charge in [-0.3, -0.25) is 9.89 Å². The van der Waals surface area contributed by atoms with Crippen LogP contribution in [-0.2, 0) is 0 Å². The fourth-order valence-electron chi connectivity index (χ4n) is 4.96. The molecule has 5 rings (SSSR count). The zero-order chi connectivity index (χ0) is 20.7. The molecule has 0 bridgehead atoms. The molecule has 9 nitrogen and oxygen atoms in total. The average Bonchev–Trinajstić information content (AvgIpc) is 3.44. The molecule has 1 saturated carbocycles. The lowest BCUT2D eigenvalue weighted by Gasteiger charge is -2.35. The first kappa shape index (κ1) is 18.8. The predicted octanol–water partition coefficient (Wildman–Crippen LogP) is 2.13. The van der Waals surface area contributed by atoms with Crippen molar-refractivity contribution in [1.82, 2.24) is 30.0 Å². The minimum atomic E-state index is 0.0153. The van der Waals surface area contributed by atoms with Crippen molar-refractivity contribution in [3.63, 3.8) is 0 Å². The van der Waals surface area contributed by atoms with Gasteiger partial charge in [-0.25, -0.2) is 15.0 Å². The van der Waals surface area contributed by atoms with E-state index in [9.17, 15) is 4.79 Å². The smallest absolute Gasteiger partial charge is 0.255 e. The van der Waals surface area contributed by atoms with Crippen LogP contribution in [0.1, 0.15) is 29.6 Å². The number of nitrogens with zero attached hydrogens (tertiary/aromatic N) is 6. The van der Waals surface area contributed by atoms with E-state index in [1.54, 1.807) is 38.0 Å². The lowest BCUT2D eigenvalue weighted by Crippen LogP contribution is -2.39. The summed E-state index contributed by atoms with van der Waals surface area (Å²) < 4.78 is 5.09. The highest BCUT2D eigenvalue weighted by Crippen LogP contribution is 2.41. The van der Waals surface area contributed by atoms with Crippen molar-refractivity contribution in [1.29, 1.82) is 0 Å². The number of carbonyl (C=O) groups excluding carboxylic acids is 1. The van der Waals surface area contributed by atoms with Gasteiger partial charge in [-0.1, -0.05) is 0 Å². The van der Waals surface area contributed by atoms with Gasteiger partial charge >= 0.3 is 0 Å². The number of piperidine rings is 1. The molecule has 4 heterocycles. The van der Waals surface area contributed by atoms with Crippen LogP contribution >= 0.6 is 0 Å². The maximum atomic E-state index is 12.9. The highest BCUT2D eigenvalue weighted by molar-refractivity contribution is 5.94. The largest absolute Gasteiger partial charge is 0.481 e. The normalized spacial score (nSPS) is 23.4. The van der Waals surface area contributed by atoms with Gasteiger partial charge < -0.3 is 14.5 Å². The van der Waals surface area contributed by atoms with Crippen molar-refractivity contribution in [2.24, 2.45) is 11.8 Å². The molecular formula is C21H25N7O2. The van der Waals surface area contributed by atoms with Crippen molar-refractivity contribution in [2.75, 3.05) is 32.1 Å². The summed E-state index contributed by atoms with van der Waals surface area (Å²) in [7, 11) is 3.48. The quantitative estimate of drug-likeness (QED) is 0.707. The van der Waals surface area contributed by atoms with Gasteiger partial charge in [0.25, 0.3) is 5.91 Å². The van der Waals surface area contributed by atoms with E-state index in [0.29, 0.717) is 23.3 Å². The Morgan fingerprint density at radius 2 is 2.07 bits per heavy atom. The molecule has 0 aromatic carbocycles. The van der Waals surface area contributed by atoms with Crippen molar-refractivity contribution < 1.29 is 9.53 Å². The third-order valence-electron chi connectivity index (χ3n) is 6.63. The number of hydrogen-bond acceptors (Lipinski definition) is 7. The van der Waals surface area contributed by atoms with Crippen LogP contribution in [0.25, 0.3) is 11.0 Å². The SMILES string of the molecule is COc1ccc(C(=O)N(C)[C@H]2C[C@H]3CCN(c4ncnc5[nH]ncc45)C[C@H]3C2)cn1. The van der Waals surface area contributed by atoms with Crippen molar-refractivity contribution in [2.45, 2.75) is 25.3 Å². The predicted molar refractivity (Wildman–Crippen MR) is 111 cm³/mol. The molecule has 3 aromatic heterocycles. The Morgan fingerprint density at radius 3 is 2.87 bits per heavy atom. The second-order valence-electron chi connectivity index (χ2n) is 8.21. The topological polar surface area (TPSA) is 100 Å². The van der Waals surface area contributed by atoms with Gasteiger partial charge in [-0.15, -0.1) is 0 Å². The Balaban J connectivity index is 1.28. The first-order valence-electron chi connectivity index (χ1n) is 10.3. The number of carbonyl (C=O) groups is 1. The highest BCUT2D eigenvalue weighted by atomic mass is 16.5. The number of nitrogens with one attached hydrogen (secondary N) is 1. The zero-order valence-corrected chi connectivity index (χ0v) is 17.2. The summed E-state index contributed by atoms with van der Waals surface area (Å²) in [5, 5.41) is 7.99. The molecule has 0 radical (unpaired) electrons. The summed E-state index contributed by atoms with van der Waals surface area (Å²) in [6, 6.07) is 3.75. The van der Waals surface area contributed by atoms with Crippen molar-refractivity contribution in [3.8, 4) is 5.88 Å². The van der Waals surface area contributed by atoms with E-state index in [-0.39, 0.29) is 11.9 Å². The van der Waals surface area contributed by atoms with Crippen LogP contribution in [0.4, 0.5) is 5.82 Å². The van der Waals surface area contributed by atoms with Crippen LogP contribution in [0.3, 0.4) is 0 Å². The molecule has 3 aromatic rings. The van der Waals surface area contributed by atoms with Crippen LogP contribution in [0, 0.1) is 11.8 Å². The fourth-order valence-corrected chi connectivity index (χ4v) is 4.96. The Morgan fingerprint density at radius 1 is 1.20 bits per heavy atom. The van der Waals surface area contributed by atoms with Gasteiger partial charge in [-0.2, -0.15) is 5.10 Å². The van der Waals surface area contributed by atoms with Crippen LogP contribution in [0.5, 0.6) is 5.88 Å². The summed E-state index contributed by atoms with van der Waals surface area (Å²) in [6.45, 7) is 1.91. The lowest BCUT2D eigenvalue weighted by atomic mass is 9.88. The van der Waals surface area contributed by atoms with E-state index in [4.69, 9.17) is 4.74 Å². The molecule has 2 fully saturated rings. The Kier molecular flexibility index (Phi) is 4.72. The number of hydrogen-bond donors (Lipinski definition) is 1. The molecule has 0 spiro atoms. The number of fused-ring (bicyclic) bond motifs is 2. The van der Waals surface area contributed by atoms with E-state index in [1.165, 1.54) is 0 Å². The number of H-pyrrole nitrogens is 1. The maximum absolute atomic E-state index is 12.9. The summed E-state index contributed by atoms with van der Waals surface area (Å²) in [5.74, 6) is 2.66. The number of amides is 1. The molecule has 1 amide bonds. The summed E-state index contributed by atoms with van der Waals surface area (Å²) in [6.07, 6.45) is 8.14. The standard InChI is InChI=1S/C21H25N7O2/c1-27(21(29)14-3-4-18(30-2)22-9-14)16-7-13-5-6-28(11-15(13)8-16)20-17-10-25-26-19(17)23-12-24-20/h3-4,9-10,12-13,15-16H,5-8,11H2,1-2H3,(H,23,24,25,26)/t13-,15-,16+/m1/s1. The Hall–Kier alpha value is -3.23. The summed E-state index contributed by atoms with van der Waals surface area (Å²) in [4.78, 5) is 30.1. The van der Waals surface area contributed by atoms with Gasteiger partial charge in [0.05, 0.1) is 24.3 Å². The Labute approximate surface area is 174 Å². The molecule has 2 aliphatic rings. The van der Waals surface area contributed by atoms with Gasteiger partial charge in [0, 0.05) is 38.4 Å². The number of methoxy groups -OCH3 is 1. The molecule has 0 unspecified atom stereocenters. The second kappa shape index (κ2) is 7.55. The minimum Gasteiger partial charge on any atom is -0.481 e. The van der Waals surface area contributed by atoms with Crippen molar-refractivity contribution in [3.05, 3.63) is 36.4 Å². The fraction of sp³-hybridized carbons (Fsp3) is 0.476. The molecule has 156 valence electrons. The number of ether oxygens (including phenoxy) is 1. The number of anilines is 1. The number of aromatic amines is 1. The van der Waals surface area contributed by atoms with E-state index >= 15 is 0 Å². The first-order chi connectivity index (χ1) is 14.6. The third-order valence-corrected chi connectivity index (χ3v) is 6.63. The minimum absolute atomic E-state index is 0.0153. The molecule has 9 heteroatoms. The molecule has 1 aliphatic heterocycles. The molecule has 1 N–H and O–H groups in total. The number of pyridine rings is 1. The average molecular weight is 407 g/mol. The Bertz CT molecular complexity index is 1050. The summed E-state index contributed by atoms with van der Waals surface area (Å²) in [5.41, 5.74) is 1.36. The van der Waals surface area contributed by atoms with E-state index in [1.807, 2.05) is 11.9 Å². The van der Waals surface area contributed by atoms with Crippen LogP contribution in [-0.4, -0.2) is 69.2 Å². The van der Waals surface area contributed by atoms with Gasteiger partial charge in [-0.05, 0) is 37.2 Å². The molecule has 1 aliphatic carbocycles. The molecule has 3 atom stereocenters. The van der Waals surface area contributed by atoms with E-state index in [2.05, 4.69) is 30.0 Å². The van der Waals surface area contributed by atoms with Crippen molar-refractivity contribution >= 4 is 22.8 Å².